The second kappa shape index (κ2) is 5.30. The van der Waals surface area contributed by atoms with Crippen LogP contribution in [0.2, 0.25) is 0 Å². The lowest BCUT2D eigenvalue weighted by Crippen LogP contribution is -2.19. The number of rotatable bonds is 4. The van der Waals surface area contributed by atoms with Gasteiger partial charge in [0.25, 0.3) is 0 Å². The van der Waals surface area contributed by atoms with Crippen molar-refractivity contribution in [2.24, 2.45) is 0 Å². The number of aromatic nitrogens is 1. The third kappa shape index (κ3) is 2.23. The number of pyridine rings is 1. The molecule has 2 heterocycles. The van der Waals surface area contributed by atoms with Crippen LogP contribution in [0.15, 0.2) is 48.0 Å². The molecule has 0 spiro atoms. The molecular formula is C15H12N2O2S. The third-order valence-electron chi connectivity index (χ3n) is 3.07. The Bertz CT molecular complexity index is 741. The predicted molar refractivity (Wildman–Crippen MR) is 80.0 cm³/mol. The maximum absolute atomic E-state index is 11.3. The maximum atomic E-state index is 11.3. The summed E-state index contributed by atoms with van der Waals surface area (Å²) < 4.78 is 0. The molecule has 1 amide bonds. The highest BCUT2D eigenvalue weighted by atomic mass is 32.1. The molecule has 0 aliphatic rings. The van der Waals surface area contributed by atoms with Crippen LogP contribution in [-0.2, 0) is 11.3 Å². The third-order valence-corrected chi connectivity index (χ3v) is 3.93. The summed E-state index contributed by atoms with van der Waals surface area (Å²) in [5.41, 5.74) is 0.975. The Morgan fingerprint density at radius 2 is 2.15 bits per heavy atom. The molecular weight excluding hydrogens is 272 g/mol. The lowest BCUT2D eigenvalue weighted by molar-refractivity contribution is -0.107. The van der Waals surface area contributed by atoms with Crippen LogP contribution in [-0.4, -0.2) is 16.5 Å². The fraction of sp³-hybridized carbons (Fsp3) is 0.0667. The van der Waals surface area contributed by atoms with Crippen molar-refractivity contribution in [1.29, 1.82) is 0 Å². The van der Waals surface area contributed by atoms with Crippen LogP contribution in [0.4, 0.5) is 5.69 Å². The summed E-state index contributed by atoms with van der Waals surface area (Å²) in [6.45, 7) is 0.438. The highest BCUT2D eigenvalue weighted by Crippen LogP contribution is 2.34. The first-order valence-electron chi connectivity index (χ1n) is 6.10. The molecule has 3 rings (SSSR count). The molecule has 5 heteroatoms. The number of hydrogen-bond acceptors (Lipinski definition) is 4. The fourth-order valence-corrected chi connectivity index (χ4v) is 2.80. The first-order chi connectivity index (χ1) is 9.79. The van der Waals surface area contributed by atoms with Gasteiger partial charge >= 0.3 is 0 Å². The van der Waals surface area contributed by atoms with E-state index in [0.29, 0.717) is 17.7 Å². The molecule has 0 saturated heterocycles. The van der Waals surface area contributed by atoms with Gasteiger partial charge in [-0.2, -0.15) is 0 Å². The van der Waals surface area contributed by atoms with E-state index >= 15 is 0 Å². The maximum Gasteiger partial charge on any atom is 0.214 e. The van der Waals surface area contributed by atoms with Gasteiger partial charge < -0.3 is 10.0 Å². The van der Waals surface area contributed by atoms with Crippen molar-refractivity contribution in [1.82, 2.24) is 4.98 Å². The van der Waals surface area contributed by atoms with E-state index in [1.165, 1.54) is 4.90 Å². The number of thiophene rings is 1. The Kier molecular flexibility index (Phi) is 3.35. The molecule has 0 aliphatic carbocycles. The molecule has 0 bridgehead atoms. The smallest absolute Gasteiger partial charge is 0.214 e. The molecule has 1 N–H and O–H groups in total. The number of carbonyl (C=O) groups excluding carboxylic acids is 1. The summed E-state index contributed by atoms with van der Waals surface area (Å²) in [7, 11) is 0. The molecule has 0 fully saturated rings. The lowest BCUT2D eigenvalue weighted by Gasteiger charge is -2.18. The van der Waals surface area contributed by atoms with Gasteiger partial charge in [0.2, 0.25) is 6.41 Å². The number of benzene rings is 1. The van der Waals surface area contributed by atoms with Crippen LogP contribution in [0.5, 0.6) is 5.75 Å². The molecule has 0 saturated carbocycles. The minimum Gasteiger partial charge on any atom is -0.504 e. The zero-order chi connectivity index (χ0) is 13.9. The molecule has 0 atom stereocenters. The summed E-state index contributed by atoms with van der Waals surface area (Å²) in [5.74, 6) is 0.0340. The topological polar surface area (TPSA) is 53.4 Å². The van der Waals surface area contributed by atoms with E-state index in [0.717, 1.165) is 16.7 Å². The number of amides is 1. The number of aromatic hydroxyl groups is 1. The number of nitrogens with zero attached hydrogens (tertiary/aromatic N) is 2. The number of carbonyl (C=O) groups is 1. The van der Waals surface area contributed by atoms with Gasteiger partial charge in [0.15, 0.2) is 5.75 Å². The van der Waals surface area contributed by atoms with Gasteiger partial charge in [0, 0.05) is 16.5 Å². The van der Waals surface area contributed by atoms with E-state index in [1.54, 1.807) is 23.6 Å². The molecule has 3 aromatic rings. The normalized spacial score (nSPS) is 10.6. The Morgan fingerprint density at radius 1 is 1.25 bits per heavy atom. The van der Waals surface area contributed by atoms with Gasteiger partial charge in [0.05, 0.1) is 12.2 Å². The van der Waals surface area contributed by atoms with Crippen molar-refractivity contribution in [3.8, 4) is 5.75 Å². The lowest BCUT2D eigenvalue weighted by atomic mass is 10.1. The summed E-state index contributed by atoms with van der Waals surface area (Å²) in [6.07, 6.45) is 2.35. The summed E-state index contributed by atoms with van der Waals surface area (Å²) in [6, 6.07) is 11.2. The summed E-state index contributed by atoms with van der Waals surface area (Å²) in [4.78, 5) is 18.0. The van der Waals surface area contributed by atoms with Gasteiger partial charge in [-0.15, -0.1) is 11.3 Å². The van der Waals surface area contributed by atoms with Crippen LogP contribution in [0.1, 0.15) is 4.88 Å². The van der Waals surface area contributed by atoms with Crippen LogP contribution >= 0.6 is 11.3 Å². The van der Waals surface area contributed by atoms with Gasteiger partial charge in [-0.1, -0.05) is 18.2 Å². The molecule has 0 radical (unpaired) electrons. The second-order valence-corrected chi connectivity index (χ2v) is 5.35. The average Bonchev–Trinajstić information content (AvgIpc) is 2.99. The van der Waals surface area contributed by atoms with E-state index in [1.807, 2.05) is 35.7 Å². The second-order valence-electron chi connectivity index (χ2n) is 4.32. The molecule has 1 aromatic carbocycles. The zero-order valence-electron chi connectivity index (χ0n) is 10.6. The number of fused-ring (bicyclic) bond motifs is 1. The van der Waals surface area contributed by atoms with E-state index in [-0.39, 0.29) is 5.75 Å². The van der Waals surface area contributed by atoms with Gasteiger partial charge in [0.1, 0.15) is 5.52 Å². The van der Waals surface area contributed by atoms with E-state index in [9.17, 15) is 9.90 Å². The molecule has 2 aromatic heterocycles. The number of anilines is 1. The highest BCUT2D eigenvalue weighted by molar-refractivity contribution is 7.09. The molecule has 20 heavy (non-hydrogen) atoms. The van der Waals surface area contributed by atoms with Crippen molar-refractivity contribution >= 4 is 34.3 Å². The number of hydrogen-bond donors (Lipinski definition) is 1. The Balaban J connectivity index is 2.03. The minimum atomic E-state index is 0.0340. The fourth-order valence-electron chi connectivity index (χ4n) is 2.10. The van der Waals surface area contributed by atoms with Crippen molar-refractivity contribution in [2.75, 3.05) is 4.90 Å². The predicted octanol–water partition coefficient (Wildman–Crippen LogP) is 3.16. The monoisotopic (exact) mass is 284 g/mol. The SMILES string of the molecule is O=CN(Cc1cccs1)c1ccc2cccnc2c1O. The van der Waals surface area contributed by atoms with Crippen molar-refractivity contribution in [2.45, 2.75) is 6.54 Å². The quantitative estimate of drug-likeness (QED) is 0.749. The molecule has 100 valence electrons. The molecule has 0 unspecified atom stereocenters. The summed E-state index contributed by atoms with van der Waals surface area (Å²) in [5, 5.41) is 13.1. The molecule has 0 aliphatic heterocycles. The van der Waals surface area contributed by atoms with Crippen LogP contribution in [0.25, 0.3) is 10.9 Å². The van der Waals surface area contributed by atoms with Crippen LogP contribution < -0.4 is 4.90 Å². The Labute approximate surface area is 119 Å². The minimum absolute atomic E-state index is 0.0340. The van der Waals surface area contributed by atoms with E-state index in [4.69, 9.17) is 0 Å². The first kappa shape index (κ1) is 12.6. The van der Waals surface area contributed by atoms with E-state index < -0.39 is 0 Å². The highest BCUT2D eigenvalue weighted by Gasteiger charge is 2.14. The van der Waals surface area contributed by atoms with Crippen molar-refractivity contribution in [3.05, 3.63) is 52.9 Å². The zero-order valence-corrected chi connectivity index (χ0v) is 11.4. The van der Waals surface area contributed by atoms with Gasteiger partial charge in [-0.25, -0.2) is 0 Å². The van der Waals surface area contributed by atoms with Crippen molar-refractivity contribution < 1.29 is 9.90 Å². The molecule has 4 nitrogen and oxygen atoms in total. The van der Waals surface area contributed by atoms with Gasteiger partial charge in [-0.3, -0.25) is 9.78 Å². The Hall–Kier alpha value is -2.40. The van der Waals surface area contributed by atoms with Crippen LogP contribution in [0, 0.1) is 0 Å². The largest absolute Gasteiger partial charge is 0.504 e. The van der Waals surface area contributed by atoms with Gasteiger partial charge in [-0.05, 0) is 23.6 Å². The van der Waals surface area contributed by atoms with Crippen LogP contribution in [0.3, 0.4) is 0 Å². The van der Waals surface area contributed by atoms with Crippen molar-refractivity contribution in [3.63, 3.8) is 0 Å². The average molecular weight is 284 g/mol. The summed E-state index contributed by atoms with van der Waals surface area (Å²) >= 11 is 1.57. The standard InChI is InChI=1S/C15H12N2O2S/c18-10-17(9-12-4-2-8-20-12)13-6-5-11-3-1-7-16-14(11)15(13)19/h1-8,10,19H,9H2. The Morgan fingerprint density at radius 3 is 2.90 bits per heavy atom. The number of phenols is 1. The number of phenolic OH excluding ortho intramolecular Hbond substituents is 1. The van der Waals surface area contributed by atoms with E-state index in [2.05, 4.69) is 4.98 Å². The first-order valence-corrected chi connectivity index (χ1v) is 6.98.